The van der Waals surface area contributed by atoms with Crippen molar-refractivity contribution in [2.24, 2.45) is 5.92 Å². The van der Waals surface area contributed by atoms with Crippen molar-refractivity contribution >= 4 is 5.91 Å². The summed E-state index contributed by atoms with van der Waals surface area (Å²) < 4.78 is 5.77. The first-order valence-corrected chi connectivity index (χ1v) is 7.91. The minimum absolute atomic E-state index is 0.0905. The van der Waals surface area contributed by atoms with E-state index in [4.69, 9.17) is 4.74 Å². The molecule has 2 heterocycles. The molecule has 4 nitrogen and oxygen atoms in total. The van der Waals surface area contributed by atoms with Gasteiger partial charge in [-0.3, -0.25) is 4.79 Å². The minimum Gasteiger partial charge on any atom is -0.363 e. The van der Waals surface area contributed by atoms with Crippen LogP contribution in [0.1, 0.15) is 30.1 Å². The van der Waals surface area contributed by atoms with Gasteiger partial charge in [0.25, 0.3) is 5.91 Å². The Morgan fingerprint density at radius 2 is 2.29 bits per heavy atom. The molecule has 1 aromatic carbocycles. The number of carbonyl (C=O) groups excluding carboxylic acids is 1. The molecule has 2 aliphatic rings. The summed E-state index contributed by atoms with van der Waals surface area (Å²) in [4.78, 5) is 14.6. The fourth-order valence-corrected chi connectivity index (χ4v) is 3.36. The van der Waals surface area contributed by atoms with Crippen molar-refractivity contribution in [1.29, 1.82) is 0 Å². The van der Waals surface area contributed by atoms with Crippen LogP contribution in [0.4, 0.5) is 0 Å². The maximum atomic E-state index is 12.7. The Hall–Kier alpha value is -1.39. The van der Waals surface area contributed by atoms with E-state index in [0.717, 1.165) is 31.6 Å². The molecule has 0 radical (unpaired) electrons. The number of rotatable bonds is 3. The Balaban J connectivity index is 1.67. The monoisotopic (exact) mass is 288 g/mol. The predicted octanol–water partition coefficient (Wildman–Crippen LogP) is 1.76. The molecule has 1 aromatic rings. The average Bonchev–Trinajstić information content (AvgIpc) is 2.54. The zero-order valence-corrected chi connectivity index (χ0v) is 12.7. The van der Waals surface area contributed by atoms with Gasteiger partial charge in [-0.15, -0.1) is 0 Å². The van der Waals surface area contributed by atoms with Crippen molar-refractivity contribution in [3.63, 3.8) is 0 Å². The third-order valence-corrected chi connectivity index (χ3v) is 4.52. The number of amides is 1. The molecule has 0 aliphatic carbocycles. The molecule has 0 spiro atoms. The number of nitrogens with one attached hydrogen (secondary N) is 1. The van der Waals surface area contributed by atoms with Gasteiger partial charge in [-0.2, -0.15) is 0 Å². The second-order valence-electron chi connectivity index (χ2n) is 6.13. The highest BCUT2D eigenvalue weighted by molar-refractivity contribution is 5.82. The lowest BCUT2D eigenvalue weighted by Crippen LogP contribution is -2.42. The van der Waals surface area contributed by atoms with E-state index in [2.05, 4.69) is 11.4 Å². The van der Waals surface area contributed by atoms with Crippen molar-refractivity contribution in [3.05, 3.63) is 35.4 Å². The Labute approximate surface area is 126 Å². The first-order chi connectivity index (χ1) is 10.3. The third-order valence-electron chi connectivity index (χ3n) is 4.52. The Morgan fingerprint density at radius 1 is 1.43 bits per heavy atom. The normalized spacial score (nSPS) is 25.2. The summed E-state index contributed by atoms with van der Waals surface area (Å²) in [6.07, 6.45) is 2.88. The quantitative estimate of drug-likeness (QED) is 0.921. The van der Waals surface area contributed by atoms with Crippen LogP contribution in [0.2, 0.25) is 0 Å². The minimum atomic E-state index is -0.420. The number of likely N-dealkylation sites (N-methyl/N-ethyl adjacent to an activating group) is 1. The first kappa shape index (κ1) is 14.5. The molecule has 1 N–H and O–H groups in total. The number of benzene rings is 1. The standard InChI is InChI=1S/C17H24N2O2/c1-19(12-13-5-4-9-18-11-13)17(20)16-15-7-3-2-6-14(15)8-10-21-16/h2-3,6-7,13,16,18H,4-5,8-12H2,1H3. The molecule has 2 aliphatic heterocycles. The second kappa shape index (κ2) is 6.58. The van der Waals surface area contributed by atoms with E-state index >= 15 is 0 Å². The number of nitrogens with zero attached hydrogens (tertiary/aromatic N) is 1. The highest BCUT2D eigenvalue weighted by Gasteiger charge is 2.30. The Bertz CT molecular complexity index is 497. The number of fused-ring (bicyclic) bond motifs is 1. The summed E-state index contributed by atoms with van der Waals surface area (Å²) in [7, 11) is 1.90. The summed E-state index contributed by atoms with van der Waals surface area (Å²) >= 11 is 0. The molecule has 0 bridgehead atoms. The SMILES string of the molecule is CN(CC1CCCNC1)C(=O)C1OCCc2ccccc21. The van der Waals surface area contributed by atoms with E-state index in [9.17, 15) is 4.79 Å². The smallest absolute Gasteiger partial charge is 0.256 e. The van der Waals surface area contributed by atoms with Crippen LogP contribution in [0, 0.1) is 5.92 Å². The van der Waals surface area contributed by atoms with E-state index in [1.165, 1.54) is 18.4 Å². The molecule has 114 valence electrons. The lowest BCUT2D eigenvalue weighted by Gasteiger charge is -2.32. The van der Waals surface area contributed by atoms with Gasteiger partial charge in [0.05, 0.1) is 6.61 Å². The topological polar surface area (TPSA) is 41.6 Å². The number of hydrogen-bond acceptors (Lipinski definition) is 3. The molecule has 1 fully saturated rings. The third kappa shape index (κ3) is 3.27. The van der Waals surface area contributed by atoms with Gasteiger partial charge in [0.1, 0.15) is 0 Å². The second-order valence-corrected chi connectivity index (χ2v) is 6.13. The van der Waals surface area contributed by atoms with E-state index in [1.54, 1.807) is 0 Å². The summed E-state index contributed by atoms with van der Waals surface area (Å²) in [6.45, 7) is 3.56. The number of carbonyl (C=O) groups is 1. The lowest BCUT2D eigenvalue weighted by atomic mass is 9.96. The van der Waals surface area contributed by atoms with Crippen LogP contribution in [0.3, 0.4) is 0 Å². The molecule has 21 heavy (non-hydrogen) atoms. The molecule has 1 saturated heterocycles. The fourth-order valence-electron chi connectivity index (χ4n) is 3.36. The van der Waals surface area contributed by atoms with Crippen LogP contribution in [-0.2, 0) is 16.0 Å². The summed E-state index contributed by atoms with van der Waals surface area (Å²) in [6, 6.07) is 8.14. The molecule has 2 unspecified atom stereocenters. The molecule has 0 saturated carbocycles. The lowest BCUT2D eigenvalue weighted by molar-refractivity contribution is -0.144. The van der Waals surface area contributed by atoms with Gasteiger partial charge in [-0.1, -0.05) is 24.3 Å². The Morgan fingerprint density at radius 3 is 3.10 bits per heavy atom. The van der Waals surface area contributed by atoms with E-state index in [-0.39, 0.29) is 5.91 Å². The number of hydrogen-bond donors (Lipinski definition) is 1. The summed E-state index contributed by atoms with van der Waals surface area (Å²) in [5, 5.41) is 3.41. The number of ether oxygens (including phenoxy) is 1. The summed E-state index contributed by atoms with van der Waals surface area (Å²) in [5.74, 6) is 0.652. The van der Waals surface area contributed by atoms with Crippen LogP contribution in [-0.4, -0.2) is 44.1 Å². The van der Waals surface area contributed by atoms with Crippen LogP contribution in [0.15, 0.2) is 24.3 Å². The Kier molecular flexibility index (Phi) is 4.56. The molecular weight excluding hydrogens is 264 g/mol. The molecule has 3 rings (SSSR count). The van der Waals surface area contributed by atoms with Gasteiger partial charge in [-0.05, 0) is 49.4 Å². The molecule has 2 atom stereocenters. The molecule has 1 amide bonds. The highest BCUT2D eigenvalue weighted by Crippen LogP contribution is 2.28. The van der Waals surface area contributed by atoms with E-state index in [0.29, 0.717) is 12.5 Å². The molecule has 0 aromatic heterocycles. The van der Waals surface area contributed by atoms with Crippen molar-refractivity contribution < 1.29 is 9.53 Å². The zero-order chi connectivity index (χ0) is 14.7. The molecule has 4 heteroatoms. The highest BCUT2D eigenvalue weighted by atomic mass is 16.5. The van der Waals surface area contributed by atoms with Crippen molar-refractivity contribution in [2.75, 3.05) is 33.3 Å². The van der Waals surface area contributed by atoms with Gasteiger partial charge < -0.3 is 15.0 Å². The maximum Gasteiger partial charge on any atom is 0.256 e. The first-order valence-electron chi connectivity index (χ1n) is 7.91. The maximum absolute atomic E-state index is 12.7. The zero-order valence-electron chi connectivity index (χ0n) is 12.7. The molecular formula is C17H24N2O2. The number of piperidine rings is 1. The summed E-state index contributed by atoms with van der Waals surface area (Å²) in [5.41, 5.74) is 2.29. The fraction of sp³-hybridized carbons (Fsp3) is 0.588. The van der Waals surface area contributed by atoms with E-state index < -0.39 is 6.10 Å². The van der Waals surface area contributed by atoms with Crippen LogP contribution >= 0.6 is 0 Å². The van der Waals surface area contributed by atoms with E-state index in [1.807, 2.05) is 30.1 Å². The van der Waals surface area contributed by atoms with Gasteiger partial charge in [-0.25, -0.2) is 0 Å². The van der Waals surface area contributed by atoms with Gasteiger partial charge in [0, 0.05) is 13.6 Å². The van der Waals surface area contributed by atoms with Gasteiger partial charge >= 0.3 is 0 Å². The van der Waals surface area contributed by atoms with Crippen molar-refractivity contribution in [1.82, 2.24) is 10.2 Å². The van der Waals surface area contributed by atoms with Crippen LogP contribution < -0.4 is 5.32 Å². The van der Waals surface area contributed by atoms with Crippen LogP contribution in [0.25, 0.3) is 0 Å². The predicted molar refractivity (Wildman–Crippen MR) is 82.1 cm³/mol. The van der Waals surface area contributed by atoms with Crippen molar-refractivity contribution in [2.45, 2.75) is 25.4 Å². The largest absolute Gasteiger partial charge is 0.363 e. The van der Waals surface area contributed by atoms with Gasteiger partial charge in [0.15, 0.2) is 6.10 Å². The average molecular weight is 288 g/mol. The van der Waals surface area contributed by atoms with Gasteiger partial charge in [0.2, 0.25) is 0 Å². The van der Waals surface area contributed by atoms with Crippen molar-refractivity contribution in [3.8, 4) is 0 Å². The van der Waals surface area contributed by atoms with Crippen LogP contribution in [0.5, 0.6) is 0 Å².